The van der Waals surface area contributed by atoms with E-state index in [9.17, 15) is 9.90 Å². The average Bonchev–Trinajstić information content (AvgIpc) is 2.83. The van der Waals surface area contributed by atoms with Crippen LogP contribution >= 0.6 is 0 Å². The minimum atomic E-state index is -0.0182. The van der Waals surface area contributed by atoms with Gasteiger partial charge >= 0.3 is 0 Å². The molecule has 9 heteroatoms. The number of aliphatic hydroxyl groups is 1. The summed E-state index contributed by atoms with van der Waals surface area (Å²) in [5, 5.41) is 12.8. The van der Waals surface area contributed by atoms with Crippen molar-refractivity contribution in [2.75, 3.05) is 68.8 Å². The number of nitrogens with one attached hydrogen (secondary N) is 1. The molecule has 1 aromatic carbocycles. The predicted molar refractivity (Wildman–Crippen MR) is 122 cm³/mol. The van der Waals surface area contributed by atoms with E-state index in [0.29, 0.717) is 32.1 Å². The standard InChI is InChI=1S/C23H30N6O3/c30-16-17-2-1-3-18(14-17)22-25-20(15-21(26-22)28-10-12-32-13-11-28)27-6-8-29(9-7-27)23(31)19-4-5-24-19/h1-3,14-15,19,24,30H,4-13,16H2. The summed E-state index contributed by atoms with van der Waals surface area (Å²) in [7, 11) is 0. The Hall–Kier alpha value is -2.75. The normalized spacial score (nSPS) is 21.4. The van der Waals surface area contributed by atoms with Gasteiger partial charge in [-0.2, -0.15) is 0 Å². The molecule has 3 saturated heterocycles. The van der Waals surface area contributed by atoms with Crippen molar-refractivity contribution in [3.8, 4) is 11.4 Å². The fourth-order valence-electron chi connectivity index (χ4n) is 4.35. The van der Waals surface area contributed by atoms with Crippen LogP contribution in [0.3, 0.4) is 0 Å². The van der Waals surface area contributed by atoms with E-state index in [2.05, 4.69) is 21.2 Å². The van der Waals surface area contributed by atoms with E-state index in [4.69, 9.17) is 14.7 Å². The molecule has 5 rings (SSSR count). The molecular weight excluding hydrogens is 408 g/mol. The summed E-state index contributed by atoms with van der Waals surface area (Å²) in [6.45, 7) is 6.76. The van der Waals surface area contributed by atoms with Crippen molar-refractivity contribution in [1.82, 2.24) is 20.2 Å². The number of aliphatic hydroxyl groups excluding tert-OH is 1. The van der Waals surface area contributed by atoms with Gasteiger partial charge in [0.2, 0.25) is 5.91 Å². The molecule has 170 valence electrons. The first-order valence-corrected chi connectivity index (χ1v) is 11.4. The van der Waals surface area contributed by atoms with Crippen LogP contribution < -0.4 is 15.1 Å². The molecule has 0 aliphatic carbocycles. The van der Waals surface area contributed by atoms with Crippen molar-refractivity contribution < 1.29 is 14.6 Å². The molecule has 0 bridgehead atoms. The summed E-state index contributed by atoms with van der Waals surface area (Å²) in [5.41, 5.74) is 1.72. The van der Waals surface area contributed by atoms with Crippen molar-refractivity contribution >= 4 is 17.5 Å². The van der Waals surface area contributed by atoms with Crippen LogP contribution in [0.5, 0.6) is 0 Å². The van der Waals surface area contributed by atoms with E-state index in [1.54, 1.807) is 0 Å². The van der Waals surface area contributed by atoms with Crippen LogP contribution in [-0.4, -0.2) is 91.0 Å². The van der Waals surface area contributed by atoms with Gasteiger partial charge in [-0.3, -0.25) is 4.79 Å². The number of nitrogens with zero attached hydrogens (tertiary/aromatic N) is 5. The zero-order chi connectivity index (χ0) is 21.9. The van der Waals surface area contributed by atoms with Crippen molar-refractivity contribution in [2.45, 2.75) is 19.1 Å². The third-order valence-corrected chi connectivity index (χ3v) is 6.44. The minimum Gasteiger partial charge on any atom is -0.392 e. The molecule has 1 amide bonds. The first kappa shape index (κ1) is 21.1. The molecule has 3 aliphatic heterocycles. The van der Waals surface area contributed by atoms with E-state index in [-0.39, 0.29) is 18.6 Å². The number of anilines is 2. The van der Waals surface area contributed by atoms with Gasteiger partial charge in [0.1, 0.15) is 11.6 Å². The second kappa shape index (κ2) is 9.40. The molecule has 3 aliphatic rings. The SMILES string of the molecule is O=C(C1CCN1)N1CCN(c2cc(N3CCOCC3)nc(-c3cccc(CO)c3)n2)CC1. The van der Waals surface area contributed by atoms with Gasteiger partial charge in [-0.1, -0.05) is 18.2 Å². The van der Waals surface area contributed by atoms with Crippen molar-refractivity contribution in [3.63, 3.8) is 0 Å². The first-order valence-electron chi connectivity index (χ1n) is 11.4. The van der Waals surface area contributed by atoms with Gasteiger partial charge in [0, 0.05) is 50.9 Å². The lowest BCUT2D eigenvalue weighted by atomic mass is 10.1. The van der Waals surface area contributed by atoms with Crippen LogP contribution in [0, 0.1) is 0 Å². The van der Waals surface area contributed by atoms with E-state index in [0.717, 1.165) is 61.9 Å². The number of hydrogen-bond donors (Lipinski definition) is 2. The quantitative estimate of drug-likeness (QED) is 0.697. The molecule has 0 radical (unpaired) electrons. The van der Waals surface area contributed by atoms with Crippen LogP contribution in [0.4, 0.5) is 11.6 Å². The fraction of sp³-hybridized carbons (Fsp3) is 0.522. The van der Waals surface area contributed by atoms with Gasteiger partial charge in [0.05, 0.1) is 25.9 Å². The summed E-state index contributed by atoms with van der Waals surface area (Å²) in [6.07, 6.45) is 0.935. The number of hydrogen-bond acceptors (Lipinski definition) is 8. The van der Waals surface area contributed by atoms with Crippen molar-refractivity contribution in [3.05, 3.63) is 35.9 Å². The van der Waals surface area contributed by atoms with Gasteiger partial charge in [-0.25, -0.2) is 9.97 Å². The van der Waals surface area contributed by atoms with Gasteiger partial charge < -0.3 is 29.9 Å². The molecule has 1 aromatic heterocycles. The van der Waals surface area contributed by atoms with Crippen molar-refractivity contribution in [2.24, 2.45) is 0 Å². The third-order valence-electron chi connectivity index (χ3n) is 6.44. The monoisotopic (exact) mass is 438 g/mol. The van der Waals surface area contributed by atoms with Crippen LogP contribution in [-0.2, 0) is 16.1 Å². The van der Waals surface area contributed by atoms with Gasteiger partial charge in [-0.15, -0.1) is 0 Å². The highest BCUT2D eigenvalue weighted by molar-refractivity contribution is 5.83. The topological polar surface area (TPSA) is 94.1 Å². The zero-order valence-corrected chi connectivity index (χ0v) is 18.2. The molecule has 1 unspecified atom stereocenters. The minimum absolute atomic E-state index is 0.000993. The molecule has 9 nitrogen and oxygen atoms in total. The first-order chi connectivity index (χ1) is 15.7. The maximum atomic E-state index is 12.6. The molecule has 32 heavy (non-hydrogen) atoms. The number of aromatic nitrogens is 2. The van der Waals surface area contributed by atoms with E-state index in [1.165, 1.54) is 0 Å². The van der Waals surface area contributed by atoms with Crippen LogP contribution in [0.2, 0.25) is 0 Å². The number of carbonyl (C=O) groups excluding carboxylic acids is 1. The smallest absolute Gasteiger partial charge is 0.239 e. The van der Waals surface area contributed by atoms with Gasteiger partial charge in [-0.05, 0) is 24.6 Å². The Morgan fingerprint density at radius 3 is 2.34 bits per heavy atom. The summed E-state index contributed by atoms with van der Waals surface area (Å²) >= 11 is 0. The number of carbonyl (C=O) groups is 1. The summed E-state index contributed by atoms with van der Waals surface area (Å²) in [4.78, 5) is 28.7. The molecule has 0 spiro atoms. The Balaban J connectivity index is 1.40. The van der Waals surface area contributed by atoms with E-state index < -0.39 is 0 Å². The Bertz CT molecular complexity index is 952. The third kappa shape index (κ3) is 4.41. The van der Waals surface area contributed by atoms with E-state index in [1.807, 2.05) is 29.2 Å². The highest BCUT2D eigenvalue weighted by Gasteiger charge is 2.31. The summed E-state index contributed by atoms with van der Waals surface area (Å²) < 4.78 is 5.51. The Morgan fingerprint density at radius 1 is 1.03 bits per heavy atom. The van der Waals surface area contributed by atoms with Gasteiger partial charge in [0.15, 0.2) is 5.82 Å². The zero-order valence-electron chi connectivity index (χ0n) is 18.2. The predicted octanol–water partition coefficient (Wildman–Crippen LogP) is 0.483. The molecule has 3 fully saturated rings. The lowest BCUT2D eigenvalue weighted by molar-refractivity contribution is -0.135. The number of rotatable bonds is 5. The van der Waals surface area contributed by atoms with Crippen molar-refractivity contribution in [1.29, 1.82) is 0 Å². The second-order valence-corrected chi connectivity index (χ2v) is 8.47. The molecule has 4 heterocycles. The van der Waals surface area contributed by atoms with Crippen LogP contribution in [0.1, 0.15) is 12.0 Å². The maximum absolute atomic E-state index is 12.6. The lowest BCUT2D eigenvalue weighted by Gasteiger charge is -2.39. The summed E-state index contributed by atoms with van der Waals surface area (Å²) in [6, 6.07) is 9.77. The number of piperazine rings is 1. The Kier molecular flexibility index (Phi) is 6.20. The number of ether oxygens (including phenoxy) is 1. The summed E-state index contributed by atoms with van der Waals surface area (Å²) in [5.74, 6) is 2.63. The highest BCUT2D eigenvalue weighted by atomic mass is 16.5. The number of amides is 1. The van der Waals surface area contributed by atoms with Gasteiger partial charge in [0.25, 0.3) is 0 Å². The highest BCUT2D eigenvalue weighted by Crippen LogP contribution is 2.27. The molecule has 2 N–H and O–H groups in total. The van der Waals surface area contributed by atoms with Crippen LogP contribution in [0.25, 0.3) is 11.4 Å². The Labute approximate surface area is 188 Å². The molecule has 1 atom stereocenters. The molecule has 0 saturated carbocycles. The largest absolute Gasteiger partial charge is 0.392 e. The fourth-order valence-corrected chi connectivity index (χ4v) is 4.35. The second-order valence-electron chi connectivity index (χ2n) is 8.47. The van der Waals surface area contributed by atoms with Crippen LogP contribution in [0.15, 0.2) is 30.3 Å². The number of benzene rings is 1. The average molecular weight is 439 g/mol. The number of morpholine rings is 1. The molecular formula is C23H30N6O3. The maximum Gasteiger partial charge on any atom is 0.239 e. The molecule has 2 aromatic rings. The van der Waals surface area contributed by atoms with E-state index >= 15 is 0 Å². The lowest BCUT2D eigenvalue weighted by Crippen LogP contribution is -2.58. The Morgan fingerprint density at radius 2 is 1.72 bits per heavy atom.